The molecule has 0 aliphatic carbocycles. The van der Waals surface area contributed by atoms with Crippen LogP contribution in [-0.2, 0) is 20.7 Å². The molecule has 2 aliphatic rings. The monoisotopic (exact) mass is 623 g/mol. The maximum absolute atomic E-state index is 15.4. The molecule has 2 aliphatic heterocycles. The number of carbonyl (C=O) groups is 3. The van der Waals surface area contributed by atoms with Gasteiger partial charge in [0.1, 0.15) is 29.6 Å². The van der Waals surface area contributed by atoms with Crippen LogP contribution in [0.5, 0.6) is 5.88 Å². The number of hydrogen-bond acceptors (Lipinski definition) is 8. The Morgan fingerprint density at radius 1 is 1.09 bits per heavy atom. The molecule has 1 N–H and O–H groups in total. The van der Waals surface area contributed by atoms with Crippen molar-refractivity contribution in [2.75, 3.05) is 19.6 Å². The SMILES string of the molecule is CC(C)OC(=O)N1CCC(Oc2ccc(-c3ccc(C[C@H](NC(=O)OC(C)(C)C)C(=O)N4CCCC4C#N)c(F)c3)cn2)CC1. The van der Waals surface area contributed by atoms with Crippen molar-refractivity contribution in [1.29, 1.82) is 5.26 Å². The van der Waals surface area contributed by atoms with Gasteiger partial charge in [-0.15, -0.1) is 0 Å². The summed E-state index contributed by atoms with van der Waals surface area (Å²) in [6.45, 7) is 10.2. The molecule has 1 unspecified atom stereocenters. The number of carbonyl (C=O) groups excluding carboxylic acids is 3. The summed E-state index contributed by atoms with van der Waals surface area (Å²) < 4.78 is 32.1. The lowest BCUT2D eigenvalue weighted by Crippen LogP contribution is -2.51. The number of aromatic nitrogens is 1. The first-order valence-electron chi connectivity index (χ1n) is 15.4. The van der Waals surface area contributed by atoms with Crippen molar-refractivity contribution in [2.45, 2.75) is 96.6 Å². The summed E-state index contributed by atoms with van der Waals surface area (Å²) in [6, 6.07) is 8.62. The summed E-state index contributed by atoms with van der Waals surface area (Å²) in [5.74, 6) is -0.557. The number of rotatable bonds is 8. The van der Waals surface area contributed by atoms with Crippen molar-refractivity contribution >= 4 is 18.1 Å². The smallest absolute Gasteiger partial charge is 0.410 e. The van der Waals surface area contributed by atoms with Gasteiger partial charge in [0.05, 0.1) is 12.2 Å². The zero-order valence-corrected chi connectivity index (χ0v) is 26.5. The summed E-state index contributed by atoms with van der Waals surface area (Å²) in [6.07, 6.45) is 2.67. The number of ether oxygens (including phenoxy) is 3. The van der Waals surface area contributed by atoms with Crippen LogP contribution in [-0.4, -0.2) is 82.4 Å². The molecule has 0 saturated carbocycles. The lowest BCUT2D eigenvalue weighted by molar-refractivity contribution is -0.133. The van der Waals surface area contributed by atoms with Crippen LogP contribution in [0.15, 0.2) is 36.5 Å². The summed E-state index contributed by atoms with van der Waals surface area (Å²) in [7, 11) is 0. The third-order valence-electron chi connectivity index (χ3n) is 7.54. The predicted octanol–water partition coefficient (Wildman–Crippen LogP) is 5.23. The Balaban J connectivity index is 1.40. The second-order valence-corrected chi connectivity index (χ2v) is 12.6. The van der Waals surface area contributed by atoms with Gasteiger partial charge in [-0.05, 0) is 70.7 Å². The Labute approximate surface area is 263 Å². The number of benzene rings is 1. The molecule has 4 rings (SSSR count). The van der Waals surface area contributed by atoms with Gasteiger partial charge in [0.15, 0.2) is 0 Å². The fourth-order valence-electron chi connectivity index (χ4n) is 5.35. The number of likely N-dealkylation sites (tertiary alicyclic amines) is 2. The van der Waals surface area contributed by atoms with Crippen molar-refractivity contribution in [3.8, 4) is 23.1 Å². The van der Waals surface area contributed by atoms with Crippen molar-refractivity contribution in [2.24, 2.45) is 0 Å². The number of piperidine rings is 1. The first-order valence-corrected chi connectivity index (χ1v) is 15.4. The summed E-state index contributed by atoms with van der Waals surface area (Å²) in [5, 5.41) is 12.1. The number of nitrogens with one attached hydrogen (secondary N) is 1. The Morgan fingerprint density at radius 2 is 1.80 bits per heavy atom. The minimum atomic E-state index is -1.11. The van der Waals surface area contributed by atoms with Crippen LogP contribution in [0.2, 0.25) is 0 Å². The second kappa shape index (κ2) is 14.6. The predicted molar refractivity (Wildman–Crippen MR) is 164 cm³/mol. The van der Waals surface area contributed by atoms with Gasteiger partial charge in [-0.2, -0.15) is 5.26 Å². The molecule has 45 heavy (non-hydrogen) atoms. The highest BCUT2D eigenvalue weighted by atomic mass is 19.1. The van der Waals surface area contributed by atoms with Gasteiger partial charge in [0.25, 0.3) is 0 Å². The van der Waals surface area contributed by atoms with E-state index in [4.69, 9.17) is 14.2 Å². The third kappa shape index (κ3) is 9.30. The molecule has 0 bridgehead atoms. The minimum absolute atomic E-state index is 0.0860. The van der Waals surface area contributed by atoms with Crippen LogP contribution in [0.25, 0.3) is 11.1 Å². The fraction of sp³-hybridized carbons (Fsp3) is 0.545. The topological polar surface area (TPSA) is 134 Å². The Bertz CT molecular complexity index is 1400. The summed E-state index contributed by atoms with van der Waals surface area (Å²) in [4.78, 5) is 45.6. The van der Waals surface area contributed by atoms with E-state index < -0.39 is 35.5 Å². The maximum atomic E-state index is 15.4. The lowest BCUT2D eigenvalue weighted by Gasteiger charge is -2.31. The normalized spacial score (nSPS) is 17.9. The van der Waals surface area contributed by atoms with Crippen LogP contribution in [0.1, 0.15) is 65.9 Å². The highest BCUT2D eigenvalue weighted by Gasteiger charge is 2.35. The van der Waals surface area contributed by atoms with Crippen LogP contribution in [0.3, 0.4) is 0 Å². The van der Waals surface area contributed by atoms with E-state index in [0.29, 0.717) is 62.3 Å². The van der Waals surface area contributed by atoms with Gasteiger partial charge in [-0.1, -0.05) is 12.1 Å². The lowest BCUT2D eigenvalue weighted by atomic mass is 10.00. The van der Waals surface area contributed by atoms with E-state index in [-0.39, 0.29) is 30.3 Å². The Kier molecular flexibility index (Phi) is 10.9. The Morgan fingerprint density at radius 3 is 2.40 bits per heavy atom. The number of pyridine rings is 1. The van der Waals surface area contributed by atoms with E-state index in [1.807, 2.05) is 13.8 Å². The molecule has 242 valence electrons. The van der Waals surface area contributed by atoms with Crippen LogP contribution in [0, 0.1) is 17.1 Å². The van der Waals surface area contributed by atoms with Crippen molar-refractivity contribution in [1.82, 2.24) is 20.1 Å². The quantitative estimate of drug-likeness (QED) is 0.423. The maximum Gasteiger partial charge on any atom is 0.410 e. The molecule has 3 amide bonds. The molecule has 1 aromatic carbocycles. The molecular formula is C33H42FN5O6. The van der Waals surface area contributed by atoms with Crippen molar-refractivity contribution < 1.29 is 33.0 Å². The van der Waals surface area contributed by atoms with Gasteiger partial charge in [-0.25, -0.2) is 19.0 Å². The van der Waals surface area contributed by atoms with E-state index in [1.165, 1.54) is 11.0 Å². The first-order chi connectivity index (χ1) is 21.3. The number of halogens is 1. The summed E-state index contributed by atoms with van der Waals surface area (Å²) in [5.41, 5.74) is 0.701. The average molecular weight is 624 g/mol. The molecule has 2 fully saturated rings. The van der Waals surface area contributed by atoms with E-state index in [9.17, 15) is 19.6 Å². The van der Waals surface area contributed by atoms with Gasteiger partial charge < -0.3 is 29.3 Å². The average Bonchev–Trinajstić information content (AvgIpc) is 3.46. The van der Waals surface area contributed by atoms with E-state index in [2.05, 4.69) is 16.4 Å². The minimum Gasteiger partial charge on any atom is -0.474 e. The van der Waals surface area contributed by atoms with Gasteiger partial charge in [0.2, 0.25) is 11.8 Å². The second-order valence-electron chi connectivity index (χ2n) is 12.6. The first kappa shape index (κ1) is 33.5. The van der Waals surface area contributed by atoms with E-state index in [0.717, 1.165) is 0 Å². The molecule has 11 nitrogen and oxygen atoms in total. The molecule has 1 aromatic heterocycles. The standard InChI is InChI=1S/C33H42FN5O6/c1-21(2)43-32(42)38-15-12-26(13-16-38)44-29-11-10-24(20-36-29)22-8-9-23(27(34)17-22)18-28(37-31(41)45-33(3,4)5)30(40)39-14-6-7-25(39)19-35/h8-11,17,20-21,25-26,28H,6-7,12-16,18H2,1-5H3,(H,37,41)/t25?,28-/m0/s1. The van der Waals surface area contributed by atoms with Crippen molar-refractivity contribution in [3.63, 3.8) is 0 Å². The van der Waals surface area contributed by atoms with E-state index >= 15 is 4.39 Å². The molecule has 2 aromatic rings. The molecular weight excluding hydrogens is 581 g/mol. The molecule has 0 radical (unpaired) electrons. The van der Waals surface area contributed by atoms with Crippen LogP contribution in [0.4, 0.5) is 14.0 Å². The van der Waals surface area contributed by atoms with Gasteiger partial charge in [-0.3, -0.25) is 4.79 Å². The molecule has 2 atom stereocenters. The van der Waals surface area contributed by atoms with E-state index in [1.54, 1.807) is 56.1 Å². The molecule has 12 heteroatoms. The molecule has 3 heterocycles. The van der Waals surface area contributed by atoms with Gasteiger partial charge >= 0.3 is 12.2 Å². The highest BCUT2D eigenvalue weighted by molar-refractivity contribution is 5.87. The van der Waals surface area contributed by atoms with Crippen LogP contribution < -0.4 is 10.1 Å². The zero-order valence-electron chi connectivity index (χ0n) is 26.5. The van der Waals surface area contributed by atoms with Crippen molar-refractivity contribution in [3.05, 3.63) is 47.9 Å². The number of hydrogen-bond donors (Lipinski definition) is 1. The third-order valence-corrected chi connectivity index (χ3v) is 7.54. The largest absolute Gasteiger partial charge is 0.474 e. The number of alkyl carbamates (subject to hydrolysis) is 1. The molecule has 2 saturated heterocycles. The number of nitrogens with zero attached hydrogens (tertiary/aromatic N) is 4. The fourth-order valence-corrected chi connectivity index (χ4v) is 5.35. The highest BCUT2D eigenvalue weighted by Crippen LogP contribution is 2.26. The Hall–Kier alpha value is -4.40. The zero-order chi connectivity index (χ0) is 32.7. The number of nitriles is 1. The van der Waals surface area contributed by atoms with Gasteiger partial charge in [0, 0.05) is 56.7 Å². The number of amides is 3. The summed E-state index contributed by atoms with van der Waals surface area (Å²) >= 11 is 0. The van der Waals surface area contributed by atoms with Crippen LogP contribution >= 0.6 is 0 Å². The molecule has 0 spiro atoms.